The zero-order valence-corrected chi connectivity index (χ0v) is 12.7. The first-order valence-corrected chi connectivity index (χ1v) is 7.29. The standard InChI is InChI=1S/C20H16O3/c1-22-20(21)23-19-17(15-9-4-2-5-10-15)13-8-14-18(19)16-11-6-3-7-12-16/h2-14H,1H3. The highest BCUT2D eigenvalue weighted by atomic mass is 16.7. The van der Waals surface area contributed by atoms with E-state index in [4.69, 9.17) is 4.74 Å². The number of hydrogen-bond donors (Lipinski definition) is 0. The average Bonchev–Trinajstić information content (AvgIpc) is 2.63. The molecule has 3 rings (SSSR count). The predicted octanol–water partition coefficient (Wildman–Crippen LogP) is 5.17. The number of methoxy groups -OCH3 is 1. The molecule has 0 amide bonds. The number of hydrogen-bond acceptors (Lipinski definition) is 3. The maximum Gasteiger partial charge on any atom is 0.513 e. The summed E-state index contributed by atoms with van der Waals surface area (Å²) in [6, 6.07) is 25.4. The molecule has 0 aromatic heterocycles. The molecule has 3 aromatic carbocycles. The molecule has 0 fully saturated rings. The van der Waals surface area contributed by atoms with Crippen molar-refractivity contribution in [1.82, 2.24) is 0 Å². The van der Waals surface area contributed by atoms with Crippen molar-refractivity contribution in [2.24, 2.45) is 0 Å². The second-order valence-corrected chi connectivity index (χ2v) is 4.97. The molecule has 0 bridgehead atoms. The summed E-state index contributed by atoms with van der Waals surface area (Å²) in [7, 11) is 1.30. The second kappa shape index (κ2) is 6.79. The van der Waals surface area contributed by atoms with E-state index in [1.165, 1.54) is 7.11 Å². The Morgan fingerprint density at radius 2 is 1.17 bits per heavy atom. The third-order valence-corrected chi connectivity index (χ3v) is 3.54. The van der Waals surface area contributed by atoms with E-state index in [2.05, 4.69) is 4.74 Å². The Kier molecular flexibility index (Phi) is 4.39. The topological polar surface area (TPSA) is 35.5 Å². The Labute approximate surface area is 135 Å². The average molecular weight is 304 g/mol. The summed E-state index contributed by atoms with van der Waals surface area (Å²) >= 11 is 0. The SMILES string of the molecule is COC(=O)Oc1c(-c2ccccc2)cccc1-c1ccccc1. The van der Waals surface area contributed by atoms with Gasteiger partial charge in [0.1, 0.15) is 5.75 Å². The van der Waals surface area contributed by atoms with E-state index in [9.17, 15) is 4.79 Å². The minimum Gasteiger partial charge on any atom is -0.437 e. The lowest BCUT2D eigenvalue weighted by atomic mass is 9.97. The highest BCUT2D eigenvalue weighted by Gasteiger charge is 2.16. The van der Waals surface area contributed by atoms with Crippen molar-refractivity contribution in [2.75, 3.05) is 7.11 Å². The molecule has 3 nitrogen and oxygen atoms in total. The smallest absolute Gasteiger partial charge is 0.437 e. The van der Waals surface area contributed by atoms with Crippen LogP contribution in [0.3, 0.4) is 0 Å². The van der Waals surface area contributed by atoms with Gasteiger partial charge in [-0.3, -0.25) is 0 Å². The molecule has 0 heterocycles. The van der Waals surface area contributed by atoms with Crippen LogP contribution in [-0.4, -0.2) is 13.3 Å². The van der Waals surface area contributed by atoms with E-state index >= 15 is 0 Å². The van der Waals surface area contributed by atoms with E-state index in [1.54, 1.807) is 0 Å². The lowest BCUT2D eigenvalue weighted by Crippen LogP contribution is -2.09. The number of ether oxygens (including phenoxy) is 2. The molecule has 0 atom stereocenters. The fraction of sp³-hybridized carbons (Fsp3) is 0.0500. The van der Waals surface area contributed by atoms with Crippen LogP contribution in [0.25, 0.3) is 22.3 Å². The van der Waals surface area contributed by atoms with Crippen LogP contribution in [0.5, 0.6) is 5.75 Å². The van der Waals surface area contributed by atoms with Crippen LogP contribution >= 0.6 is 0 Å². The number of para-hydroxylation sites is 1. The van der Waals surface area contributed by atoms with Gasteiger partial charge in [-0.15, -0.1) is 0 Å². The van der Waals surface area contributed by atoms with Crippen molar-refractivity contribution in [3.05, 3.63) is 78.9 Å². The van der Waals surface area contributed by atoms with E-state index in [1.807, 2.05) is 78.9 Å². The summed E-state index contributed by atoms with van der Waals surface area (Å²) in [5.74, 6) is 0.497. The lowest BCUT2D eigenvalue weighted by molar-refractivity contribution is 0.122. The van der Waals surface area contributed by atoms with Crippen molar-refractivity contribution in [1.29, 1.82) is 0 Å². The van der Waals surface area contributed by atoms with Crippen molar-refractivity contribution in [2.45, 2.75) is 0 Å². The molecule has 0 saturated carbocycles. The lowest BCUT2D eigenvalue weighted by Gasteiger charge is -2.14. The highest BCUT2D eigenvalue weighted by Crippen LogP contribution is 2.39. The van der Waals surface area contributed by atoms with Crippen LogP contribution < -0.4 is 4.74 Å². The summed E-state index contributed by atoms with van der Waals surface area (Å²) in [6.07, 6.45) is -0.731. The predicted molar refractivity (Wildman–Crippen MR) is 90.3 cm³/mol. The summed E-state index contributed by atoms with van der Waals surface area (Å²) in [6.45, 7) is 0. The van der Waals surface area contributed by atoms with Gasteiger partial charge in [-0.2, -0.15) is 0 Å². The fourth-order valence-electron chi connectivity index (χ4n) is 2.46. The summed E-state index contributed by atoms with van der Waals surface area (Å²) < 4.78 is 10.1. The Balaban J connectivity index is 2.18. The van der Waals surface area contributed by atoms with Crippen LogP contribution in [0.4, 0.5) is 4.79 Å². The molecule has 114 valence electrons. The maximum absolute atomic E-state index is 11.7. The minimum absolute atomic E-state index is 0.497. The van der Waals surface area contributed by atoms with Gasteiger partial charge in [-0.05, 0) is 11.1 Å². The maximum atomic E-state index is 11.7. The number of carbonyl (C=O) groups is 1. The van der Waals surface area contributed by atoms with Gasteiger partial charge < -0.3 is 9.47 Å². The van der Waals surface area contributed by atoms with Crippen molar-refractivity contribution >= 4 is 6.16 Å². The van der Waals surface area contributed by atoms with Gasteiger partial charge in [0, 0.05) is 11.1 Å². The van der Waals surface area contributed by atoms with E-state index in [-0.39, 0.29) is 0 Å². The second-order valence-electron chi connectivity index (χ2n) is 4.97. The zero-order chi connectivity index (χ0) is 16.1. The van der Waals surface area contributed by atoms with Gasteiger partial charge in [0.15, 0.2) is 0 Å². The van der Waals surface area contributed by atoms with Gasteiger partial charge in [-0.1, -0.05) is 78.9 Å². The molecule has 0 aliphatic carbocycles. The molecule has 0 spiro atoms. The number of benzene rings is 3. The first-order chi connectivity index (χ1) is 11.3. The van der Waals surface area contributed by atoms with Crippen LogP contribution in [0.1, 0.15) is 0 Å². The van der Waals surface area contributed by atoms with Crippen molar-refractivity contribution in [3.8, 4) is 28.0 Å². The van der Waals surface area contributed by atoms with Gasteiger partial charge in [0.05, 0.1) is 7.11 Å². The quantitative estimate of drug-likeness (QED) is 0.495. The first kappa shape index (κ1) is 14.9. The largest absolute Gasteiger partial charge is 0.513 e. The number of rotatable bonds is 3. The van der Waals surface area contributed by atoms with Crippen LogP contribution in [0, 0.1) is 0 Å². The van der Waals surface area contributed by atoms with E-state index in [0.29, 0.717) is 5.75 Å². The Hall–Kier alpha value is -3.07. The molecule has 0 radical (unpaired) electrons. The molecule has 0 unspecified atom stereocenters. The molecular weight excluding hydrogens is 288 g/mol. The van der Waals surface area contributed by atoms with Crippen molar-refractivity contribution in [3.63, 3.8) is 0 Å². The third-order valence-electron chi connectivity index (χ3n) is 3.54. The molecule has 0 N–H and O–H groups in total. The Morgan fingerprint density at radius 1 is 0.696 bits per heavy atom. The highest BCUT2D eigenvalue weighted by molar-refractivity contribution is 5.85. The van der Waals surface area contributed by atoms with Crippen molar-refractivity contribution < 1.29 is 14.3 Å². The van der Waals surface area contributed by atoms with Gasteiger partial charge >= 0.3 is 6.16 Å². The van der Waals surface area contributed by atoms with Crippen LogP contribution in [0.15, 0.2) is 78.9 Å². The molecule has 0 aliphatic heterocycles. The molecule has 3 heteroatoms. The summed E-state index contributed by atoms with van der Waals surface area (Å²) in [4.78, 5) is 11.7. The molecular formula is C20H16O3. The molecule has 23 heavy (non-hydrogen) atoms. The minimum atomic E-state index is -0.731. The molecule has 0 aliphatic rings. The van der Waals surface area contributed by atoms with E-state index < -0.39 is 6.16 Å². The molecule has 0 saturated heterocycles. The summed E-state index contributed by atoms with van der Waals surface area (Å²) in [5.41, 5.74) is 3.64. The Bertz CT molecular complexity index is 738. The Morgan fingerprint density at radius 3 is 1.61 bits per heavy atom. The third kappa shape index (κ3) is 3.24. The molecule has 3 aromatic rings. The number of carbonyl (C=O) groups excluding carboxylic acids is 1. The normalized spacial score (nSPS) is 10.1. The fourth-order valence-corrected chi connectivity index (χ4v) is 2.46. The van der Waals surface area contributed by atoms with Gasteiger partial charge in [0.2, 0.25) is 0 Å². The van der Waals surface area contributed by atoms with Crippen LogP contribution in [-0.2, 0) is 4.74 Å². The van der Waals surface area contributed by atoms with Crippen LogP contribution in [0.2, 0.25) is 0 Å². The van der Waals surface area contributed by atoms with Gasteiger partial charge in [0.25, 0.3) is 0 Å². The monoisotopic (exact) mass is 304 g/mol. The van der Waals surface area contributed by atoms with Gasteiger partial charge in [-0.25, -0.2) is 4.79 Å². The first-order valence-electron chi connectivity index (χ1n) is 7.29. The zero-order valence-electron chi connectivity index (χ0n) is 12.7. The van der Waals surface area contributed by atoms with E-state index in [0.717, 1.165) is 22.3 Å². The summed E-state index contributed by atoms with van der Waals surface area (Å²) in [5, 5.41) is 0.